The van der Waals surface area contributed by atoms with E-state index < -0.39 is 5.92 Å². The van der Waals surface area contributed by atoms with E-state index in [-0.39, 0.29) is 11.7 Å². The van der Waals surface area contributed by atoms with Gasteiger partial charge < -0.3 is 15.4 Å². The second-order valence-corrected chi connectivity index (χ2v) is 7.21. The fourth-order valence-electron chi connectivity index (χ4n) is 4.06. The first-order valence-electron chi connectivity index (χ1n) is 9.69. The molecule has 4 rings (SSSR count). The van der Waals surface area contributed by atoms with Crippen LogP contribution in [0.2, 0.25) is 0 Å². The van der Waals surface area contributed by atoms with Gasteiger partial charge in [-0.05, 0) is 49.6 Å². The van der Waals surface area contributed by atoms with Crippen molar-refractivity contribution in [2.45, 2.75) is 32.1 Å². The van der Waals surface area contributed by atoms with Gasteiger partial charge in [-0.1, -0.05) is 18.2 Å². The lowest BCUT2D eigenvalue weighted by Gasteiger charge is -2.34. The molecule has 1 aliphatic carbocycles. The summed E-state index contributed by atoms with van der Waals surface area (Å²) in [4.78, 5) is 30.4. The van der Waals surface area contributed by atoms with Gasteiger partial charge in [-0.2, -0.15) is 0 Å². The molecule has 2 heterocycles. The topological polar surface area (TPSA) is 80.3 Å². The maximum atomic E-state index is 13.3. The monoisotopic (exact) mass is 389 g/mol. The normalized spacial score (nSPS) is 18.8. The molecule has 0 fully saturated rings. The summed E-state index contributed by atoms with van der Waals surface area (Å²) in [6.07, 6.45) is 3.74. The summed E-state index contributed by atoms with van der Waals surface area (Å²) >= 11 is 0. The third kappa shape index (κ3) is 3.66. The SMILES string of the molecule is COc1cccc([C@@H]2C(C(=O)Nc3ccccn3)=C(C)NC3=C2C(=O)CCC3)c1. The fraction of sp³-hybridized carbons (Fsp3) is 0.261. The second kappa shape index (κ2) is 7.91. The number of methoxy groups -OCH3 is 1. The summed E-state index contributed by atoms with van der Waals surface area (Å²) in [6, 6.07) is 12.9. The Morgan fingerprint density at radius 2 is 2.07 bits per heavy atom. The highest BCUT2D eigenvalue weighted by molar-refractivity contribution is 6.09. The molecule has 0 saturated heterocycles. The van der Waals surface area contributed by atoms with Crippen molar-refractivity contribution in [2.75, 3.05) is 12.4 Å². The first kappa shape index (κ1) is 18.9. The van der Waals surface area contributed by atoms with Crippen LogP contribution >= 0.6 is 0 Å². The predicted molar refractivity (Wildman–Crippen MR) is 110 cm³/mol. The Hall–Kier alpha value is -3.41. The lowest BCUT2D eigenvalue weighted by atomic mass is 9.75. The van der Waals surface area contributed by atoms with Crippen LogP contribution in [-0.2, 0) is 9.59 Å². The number of dihydropyridines is 1. The molecule has 1 aromatic carbocycles. The van der Waals surface area contributed by atoms with Crippen LogP contribution in [0.3, 0.4) is 0 Å². The van der Waals surface area contributed by atoms with Crippen LogP contribution in [-0.4, -0.2) is 23.8 Å². The summed E-state index contributed by atoms with van der Waals surface area (Å²) in [5.41, 5.74) is 3.74. The van der Waals surface area contributed by atoms with E-state index >= 15 is 0 Å². The zero-order valence-electron chi connectivity index (χ0n) is 16.5. The van der Waals surface area contributed by atoms with Crippen LogP contribution in [0.25, 0.3) is 0 Å². The predicted octanol–water partition coefficient (Wildman–Crippen LogP) is 3.70. The molecule has 1 amide bonds. The molecule has 1 atom stereocenters. The van der Waals surface area contributed by atoms with Crippen LogP contribution in [0.1, 0.15) is 37.7 Å². The van der Waals surface area contributed by atoms with Crippen molar-refractivity contribution in [3.05, 3.63) is 76.8 Å². The van der Waals surface area contributed by atoms with Crippen molar-refractivity contribution >= 4 is 17.5 Å². The third-order valence-corrected chi connectivity index (χ3v) is 5.35. The van der Waals surface area contributed by atoms with E-state index in [1.807, 2.05) is 37.3 Å². The van der Waals surface area contributed by atoms with Crippen molar-refractivity contribution in [3.63, 3.8) is 0 Å². The molecule has 2 N–H and O–H groups in total. The van der Waals surface area contributed by atoms with Crippen LogP contribution in [0.4, 0.5) is 5.82 Å². The number of ether oxygens (including phenoxy) is 1. The maximum absolute atomic E-state index is 13.3. The van der Waals surface area contributed by atoms with Crippen LogP contribution in [0.15, 0.2) is 71.2 Å². The zero-order chi connectivity index (χ0) is 20.4. The molecule has 0 bridgehead atoms. The molecule has 2 aliphatic rings. The van der Waals surface area contributed by atoms with E-state index in [4.69, 9.17) is 4.74 Å². The van der Waals surface area contributed by atoms with Gasteiger partial charge in [-0.25, -0.2) is 4.98 Å². The van der Waals surface area contributed by atoms with Gasteiger partial charge in [0.1, 0.15) is 11.6 Å². The minimum absolute atomic E-state index is 0.0854. The summed E-state index contributed by atoms with van der Waals surface area (Å²) in [5, 5.41) is 6.19. The summed E-state index contributed by atoms with van der Waals surface area (Å²) in [7, 11) is 1.60. The molecule has 0 spiro atoms. The van der Waals surface area contributed by atoms with Gasteiger partial charge in [0, 0.05) is 41.1 Å². The second-order valence-electron chi connectivity index (χ2n) is 7.21. The lowest BCUT2D eigenvalue weighted by molar-refractivity contribution is -0.116. The number of allylic oxidation sites excluding steroid dienone is 3. The standard InChI is InChI=1S/C23H23N3O3/c1-14-20(23(28)26-19-11-3-4-12-24-19)21(15-7-5-8-16(13-15)29-2)22-17(25-14)9-6-10-18(22)27/h3-5,7-8,11-13,21,25H,6,9-10H2,1-2H3,(H,24,26,28)/t21-/m1/s1. The number of Topliss-reactive ketones (excluding diaryl/α,β-unsaturated/α-hetero) is 1. The van der Waals surface area contributed by atoms with E-state index in [2.05, 4.69) is 15.6 Å². The Kier molecular flexibility index (Phi) is 5.16. The highest BCUT2D eigenvalue weighted by Gasteiger charge is 2.38. The molecule has 6 heteroatoms. The largest absolute Gasteiger partial charge is 0.497 e. The molecular weight excluding hydrogens is 366 g/mol. The molecular formula is C23H23N3O3. The van der Waals surface area contributed by atoms with Crippen molar-refractivity contribution in [3.8, 4) is 5.75 Å². The number of benzene rings is 1. The number of ketones is 1. The number of amides is 1. The summed E-state index contributed by atoms with van der Waals surface area (Å²) < 4.78 is 5.38. The number of aromatic nitrogens is 1. The number of nitrogens with one attached hydrogen (secondary N) is 2. The number of carbonyl (C=O) groups excluding carboxylic acids is 2. The minimum atomic E-state index is -0.446. The highest BCUT2D eigenvalue weighted by Crippen LogP contribution is 2.43. The van der Waals surface area contributed by atoms with Crippen molar-refractivity contribution in [1.29, 1.82) is 0 Å². The number of hydrogen-bond acceptors (Lipinski definition) is 5. The van der Waals surface area contributed by atoms with Gasteiger partial charge in [-0.15, -0.1) is 0 Å². The highest BCUT2D eigenvalue weighted by atomic mass is 16.5. The Labute approximate surface area is 169 Å². The van der Waals surface area contributed by atoms with Gasteiger partial charge in [-0.3, -0.25) is 9.59 Å². The molecule has 6 nitrogen and oxygen atoms in total. The molecule has 1 aliphatic heterocycles. The average Bonchev–Trinajstić information content (AvgIpc) is 2.73. The first-order chi connectivity index (χ1) is 14.1. The maximum Gasteiger partial charge on any atom is 0.255 e. The fourth-order valence-corrected chi connectivity index (χ4v) is 4.06. The van der Waals surface area contributed by atoms with Gasteiger partial charge in [0.05, 0.1) is 7.11 Å². The van der Waals surface area contributed by atoms with Gasteiger partial charge in [0.2, 0.25) is 0 Å². The van der Waals surface area contributed by atoms with Crippen LogP contribution < -0.4 is 15.4 Å². The number of pyridine rings is 1. The number of carbonyl (C=O) groups is 2. The average molecular weight is 389 g/mol. The minimum Gasteiger partial charge on any atom is -0.497 e. The van der Waals surface area contributed by atoms with E-state index in [9.17, 15) is 9.59 Å². The first-order valence-corrected chi connectivity index (χ1v) is 9.69. The number of nitrogens with zero attached hydrogens (tertiary/aromatic N) is 1. The molecule has 0 saturated carbocycles. The Balaban J connectivity index is 1.81. The van der Waals surface area contributed by atoms with Crippen LogP contribution in [0, 0.1) is 0 Å². The van der Waals surface area contributed by atoms with E-state index in [0.717, 1.165) is 29.8 Å². The molecule has 0 unspecified atom stereocenters. The van der Waals surface area contributed by atoms with Gasteiger partial charge in [0.25, 0.3) is 5.91 Å². The summed E-state index contributed by atoms with van der Waals surface area (Å²) in [5.74, 6) is 0.525. The Morgan fingerprint density at radius 1 is 1.21 bits per heavy atom. The molecule has 148 valence electrons. The molecule has 0 radical (unpaired) electrons. The third-order valence-electron chi connectivity index (χ3n) is 5.35. The van der Waals surface area contributed by atoms with Crippen LogP contribution in [0.5, 0.6) is 5.75 Å². The van der Waals surface area contributed by atoms with Gasteiger partial charge >= 0.3 is 0 Å². The Morgan fingerprint density at radius 3 is 2.83 bits per heavy atom. The molecule has 2 aromatic rings. The van der Waals surface area contributed by atoms with E-state index in [0.29, 0.717) is 29.1 Å². The van der Waals surface area contributed by atoms with Crippen molar-refractivity contribution in [2.24, 2.45) is 0 Å². The van der Waals surface area contributed by atoms with Gasteiger partial charge in [0.15, 0.2) is 5.78 Å². The zero-order valence-corrected chi connectivity index (χ0v) is 16.5. The number of anilines is 1. The molecule has 29 heavy (non-hydrogen) atoms. The van der Waals surface area contributed by atoms with E-state index in [1.54, 1.807) is 25.4 Å². The smallest absolute Gasteiger partial charge is 0.255 e. The van der Waals surface area contributed by atoms with E-state index in [1.165, 1.54) is 0 Å². The Bertz CT molecular complexity index is 1020. The number of hydrogen-bond donors (Lipinski definition) is 2. The van der Waals surface area contributed by atoms with Crippen molar-refractivity contribution < 1.29 is 14.3 Å². The summed E-state index contributed by atoms with van der Waals surface area (Å²) in [6.45, 7) is 1.88. The number of rotatable bonds is 4. The van der Waals surface area contributed by atoms with Crippen molar-refractivity contribution in [1.82, 2.24) is 10.3 Å². The molecule has 1 aromatic heterocycles. The lowest BCUT2D eigenvalue weighted by Crippen LogP contribution is -2.35. The quantitative estimate of drug-likeness (QED) is 0.834.